The second kappa shape index (κ2) is 5.74. The second-order valence-corrected chi connectivity index (χ2v) is 4.67. The van der Waals surface area contributed by atoms with Crippen LogP contribution in [-0.4, -0.2) is 33.5 Å². The summed E-state index contributed by atoms with van der Waals surface area (Å²) in [6.07, 6.45) is 5.12. The smallest absolute Gasteiger partial charge is 0.328 e. The summed E-state index contributed by atoms with van der Waals surface area (Å²) in [4.78, 5) is 20.3. The molecule has 4 N–H and O–H groups in total. The predicted molar refractivity (Wildman–Crippen MR) is 75.1 cm³/mol. The number of hydrogen-bond acceptors (Lipinski definition) is 7. The predicted octanol–water partition coefficient (Wildman–Crippen LogP) is 0.624. The Labute approximate surface area is 116 Å². The maximum absolute atomic E-state index is 11.8. The molecule has 0 spiro atoms. The van der Waals surface area contributed by atoms with Gasteiger partial charge in [0.1, 0.15) is 6.04 Å². The van der Waals surface area contributed by atoms with E-state index in [1.807, 2.05) is 13.8 Å². The molecule has 0 fully saturated rings. The van der Waals surface area contributed by atoms with Gasteiger partial charge < -0.3 is 19.9 Å². The number of hydrazine groups is 1. The fraction of sp³-hybridized carbons (Fsp3) is 0.417. The molecule has 0 aliphatic heterocycles. The van der Waals surface area contributed by atoms with E-state index in [1.165, 1.54) is 7.11 Å². The van der Waals surface area contributed by atoms with Crippen LogP contribution >= 0.6 is 0 Å². The zero-order valence-corrected chi connectivity index (χ0v) is 11.6. The van der Waals surface area contributed by atoms with Crippen molar-refractivity contribution in [3.63, 3.8) is 0 Å². The molecule has 0 saturated heterocycles. The van der Waals surface area contributed by atoms with Gasteiger partial charge in [-0.15, -0.1) is 0 Å². The summed E-state index contributed by atoms with van der Waals surface area (Å²) in [5.74, 6) is 6.01. The summed E-state index contributed by atoms with van der Waals surface area (Å²) in [7, 11) is 1.36. The van der Waals surface area contributed by atoms with E-state index in [0.717, 1.165) is 0 Å². The Hall–Kier alpha value is -2.35. The Morgan fingerprint density at radius 3 is 2.85 bits per heavy atom. The number of rotatable bonds is 5. The van der Waals surface area contributed by atoms with Gasteiger partial charge in [0.15, 0.2) is 17.3 Å². The average Bonchev–Trinajstić information content (AvgIpc) is 2.91. The third-order valence-electron chi connectivity index (χ3n) is 2.94. The first-order valence-electron chi connectivity index (χ1n) is 6.21. The fourth-order valence-corrected chi connectivity index (χ4v) is 1.87. The SMILES string of the molecule is COC(=O)C(Nc1nc(NN)cn2ccnc12)C(C)C. The maximum Gasteiger partial charge on any atom is 0.328 e. The van der Waals surface area contributed by atoms with E-state index in [2.05, 4.69) is 20.7 Å². The summed E-state index contributed by atoms with van der Waals surface area (Å²) >= 11 is 0. The quantitative estimate of drug-likeness (QED) is 0.418. The molecule has 0 amide bonds. The number of fused-ring (bicyclic) bond motifs is 1. The number of imidazole rings is 1. The van der Waals surface area contributed by atoms with Crippen molar-refractivity contribution in [3.05, 3.63) is 18.6 Å². The first-order chi connectivity index (χ1) is 9.56. The normalized spacial score (nSPS) is 12.4. The highest BCUT2D eigenvalue weighted by Crippen LogP contribution is 2.19. The molecule has 2 heterocycles. The van der Waals surface area contributed by atoms with E-state index in [1.54, 1.807) is 23.0 Å². The van der Waals surface area contributed by atoms with Crippen LogP contribution in [0.4, 0.5) is 11.6 Å². The lowest BCUT2D eigenvalue weighted by molar-refractivity contribution is -0.142. The van der Waals surface area contributed by atoms with Crippen molar-refractivity contribution in [1.82, 2.24) is 14.4 Å². The number of esters is 1. The van der Waals surface area contributed by atoms with E-state index in [-0.39, 0.29) is 11.9 Å². The van der Waals surface area contributed by atoms with Gasteiger partial charge in [-0.3, -0.25) is 0 Å². The number of carbonyl (C=O) groups is 1. The summed E-state index contributed by atoms with van der Waals surface area (Å²) in [6, 6.07) is -0.513. The molecule has 2 aromatic heterocycles. The van der Waals surface area contributed by atoms with Gasteiger partial charge in [0.25, 0.3) is 0 Å². The molecule has 2 rings (SSSR count). The van der Waals surface area contributed by atoms with E-state index >= 15 is 0 Å². The Balaban J connectivity index is 2.40. The standard InChI is InChI=1S/C12H18N6O2/c1-7(2)9(12(19)20-3)16-10-11-14-4-5-18(11)6-8(15-10)17-13/h4-7,9,17H,13H2,1-3H3,(H,15,16). The van der Waals surface area contributed by atoms with Gasteiger partial charge in [-0.25, -0.2) is 20.6 Å². The van der Waals surface area contributed by atoms with E-state index in [0.29, 0.717) is 17.3 Å². The van der Waals surface area contributed by atoms with Crippen molar-refractivity contribution < 1.29 is 9.53 Å². The molecular weight excluding hydrogens is 260 g/mol. The lowest BCUT2D eigenvalue weighted by Gasteiger charge is -2.20. The lowest BCUT2D eigenvalue weighted by Crippen LogP contribution is -2.36. The number of hydrogen-bond donors (Lipinski definition) is 3. The van der Waals surface area contributed by atoms with Gasteiger partial charge in [0.05, 0.1) is 13.3 Å². The summed E-state index contributed by atoms with van der Waals surface area (Å²) < 4.78 is 6.56. The molecule has 0 aromatic carbocycles. The zero-order chi connectivity index (χ0) is 14.7. The monoisotopic (exact) mass is 278 g/mol. The second-order valence-electron chi connectivity index (χ2n) is 4.67. The lowest BCUT2D eigenvalue weighted by atomic mass is 10.0. The number of carbonyl (C=O) groups excluding carboxylic acids is 1. The van der Waals surface area contributed by atoms with Gasteiger partial charge in [-0.05, 0) is 5.92 Å². The molecule has 20 heavy (non-hydrogen) atoms. The van der Waals surface area contributed by atoms with Gasteiger partial charge in [-0.1, -0.05) is 13.8 Å². The molecule has 8 nitrogen and oxygen atoms in total. The molecule has 1 unspecified atom stereocenters. The Morgan fingerprint density at radius 1 is 1.50 bits per heavy atom. The third kappa shape index (κ3) is 2.64. The Kier molecular flexibility index (Phi) is 4.04. The van der Waals surface area contributed by atoms with Crippen molar-refractivity contribution in [2.24, 2.45) is 11.8 Å². The Bertz CT molecular complexity index is 609. The third-order valence-corrected chi connectivity index (χ3v) is 2.94. The van der Waals surface area contributed by atoms with Crippen molar-refractivity contribution in [2.45, 2.75) is 19.9 Å². The maximum atomic E-state index is 11.8. The van der Waals surface area contributed by atoms with Gasteiger partial charge in [0, 0.05) is 12.4 Å². The van der Waals surface area contributed by atoms with Crippen LogP contribution in [0.5, 0.6) is 0 Å². The number of nitrogens with two attached hydrogens (primary N) is 1. The number of aromatic nitrogens is 3. The summed E-state index contributed by atoms with van der Waals surface area (Å²) in [6.45, 7) is 3.84. The summed E-state index contributed by atoms with van der Waals surface area (Å²) in [5, 5.41) is 3.07. The highest BCUT2D eigenvalue weighted by Gasteiger charge is 2.24. The van der Waals surface area contributed by atoms with E-state index < -0.39 is 6.04 Å². The molecule has 0 aliphatic rings. The molecule has 1 atom stereocenters. The molecule has 8 heteroatoms. The first-order valence-corrected chi connectivity index (χ1v) is 6.21. The topological polar surface area (TPSA) is 107 Å². The van der Waals surface area contributed by atoms with Crippen LogP contribution in [0.25, 0.3) is 5.65 Å². The number of methoxy groups -OCH3 is 1. The van der Waals surface area contributed by atoms with Crippen molar-refractivity contribution in [2.75, 3.05) is 17.9 Å². The highest BCUT2D eigenvalue weighted by molar-refractivity contribution is 5.81. The van der Waals surface area contributed by atoms with Crippen LogP contribution in [0.15, 0.2) is 18.6 Å². The average molecular weight is 278 g/mol. The van der Waals surface area contributed by atoms with Crippen molar-refractivity contribution >= 4 is 23.3 Å². The highest BCUT2D eigenvalue weighted by atomic mass is 16.5. The minimum atomic E-state index is -0.513. The van der Waals surface area contributed by atoms with Crippen LogP contribution in [0.1, 0.15) is 13.8 Å². The zero-order valence-electron chi connectivity index (χ0n) is 11.6. The van der Waals surface area contributed by atoms with Crippen LogP contribution < -0.4 is 16.6 Å². The van der Waals surface area contributed by atoms with Crippen LogP contribution in [0.3, 0.4) is 0 Å². The summed E-state index contributed by atoms with van der Waals surface area (Å²) in [5.41, 5.74) is 3.09. The molecule has 0 aliphatic carbocycles. The molecule has 0 bridgehead atoms. The van der Waals surface area contributed by atoms with Crippen LogP contribution in [-0.2, 0) is 9.53 Å². The van der Waals surface area contributed by atoms with Gasteiger partial charge in [0.2, 0.25) is 0 Å². The van der Waals surface area contributed by atoms with Crippen LogP contribution in [0.2, 0.25) is 0 Å². The largest absolute Gasteiger partial charge is 0.467 e. The first kappa shape index (κ1) is 14.1. The van der Waals surface area contributed by atoms with Crippen LogP contribution in [0, 0.1) is 5.92 Å². The fourth-order valence-electron chi connectivity index (χ4n) is 1.87. The van der Waals surface area contributed by atoms with Crippen molar-refractivity contribution in [1.29, 1.82) is 0 Å². The molecule has 2 aromatic rings. The van der Waals surface area contributed by atoms with E-state index in [4.69, 9.17) is 10.6 Å². The van der Waals surface area contributed by atoms with Gasteiger partial charge >= 0.3 is 5.97 Å². The molecule has 108 valence electrons. The Morgan fingerprint density at radius 2 is 2.25 bits per heavy atom. The van der Waals surface area contributed by atoms with E-state index in [9.17, 15) is 4.79 Å². The number of nitrogens with zero attached hydrogens (tertiary/aromatic N) is 3. The minimum Gasteiger partial charge on any atom is -0.467 e. The van der Waals surface area contributed by atoms with Crippen molar-refractivity contribution in [3.8, 4) is 0 Å². The van der Waals surface area contributed by atoms with Gasteiger partial charge in [-0.2, -0.15) is 0 Å². The number of ether oxygens (including phenoxy) is 1. The molecular formula is C12H18N6O2. The number of anilines is 2. The number of nitrogen functional groups attached to an aromatic ring is 1. The number of nitrogens with one attached hydrogen (secondary N) is 2. The molecule has 0 saturated carbocycles. The minimum absolute atomic E-state index is 0.0359. The molecule has 0 radical (unpaired) electrons.